The molecule has 1 atom stereocenters. The lowest BCUT2D eigenvalue weighted by atomic mass is 10.0. The van der Waals surface area contributed by atoms with Gasteiger partial charge in [-0.2, -0.15) is 0 Å². The lowest BCUT2D eigenvalue weighted by Gasteiger charge is -2.20. The van der Waals surface area contributed by atoms with Crippen molar-refractivity contribution < 1.29 is 19.1 Å². The van der Waals surface area contributed by atoms with Gasteiger partial charge in [0.25, 0.3) is 0 Å². The molecule has 1 fully saturated rings. The minimum absolute atomic E-state index is 0.106. The Morgan fingerprint density at radius 1 is 1.25 bits per heavy atom. The maximum Gasteiger partial charge on any atom is 0.231 e. The molecular weight excluding hydrogens is 378 g/mol. The van der Waals surface area contributed by atoms with Crippen molar-refractivity contribution in [2.24, 2.45) is 5.92 Å². The van der Waals surface area contributed by atoms with Crippen LogP contribution in [0.4, 0.5) is 10.8 Å². The van der Waals surface area contributed by atoms with Crippen molar-refractivity contribution in [2.75, 3.05) is 31.0 Å². The Labute approximate surface area is 167 Å². The number of nitrogens with zero attached hydrogens (tertiary/aromatic N) is 2. The van der Waals surface area contributed by atoms with E-state index in [0.29, 0.717) is 28.9 Å². The lowest BCUT2D eigenvalue weighted by molar-refractivity contribution is -0.122. The van der Waals surface area contributed by atoms with E-state index in [1.807, 2.05) is 0 Å². The third kappa shape index (κ3) is 3.56. The Morgan fingerprint density at radius 3 is 2.82 bits per heavy atom. The van der Waals surface area contributed by atoms with Gasteiger partial charge in [0.1, 0.15) is 11.5 Å². The maximum absolute atomic E-state index is 12.7. The quantitative estimate of drug-likeness (QED) is 0.833. The third-order valence-electron chi connectivity index (χ3n) is 5.25. The fourth-order valence-electron chi connectivity index (χ4n) is 3.74. The van der Waals surface area contributed by atoms with Crippen LogP contribution < -0.4 is 19.7 Å². The average Bonchev–Trinajstić information content (AvgIpc) is 3.30. The number of aryl methyl sites for hydroxylation is 2. The van der Waals surface area contributed by atoms with Gasteiger partial charge in [-0.3, -0.25) is 9.59 Å². The number of hydrogen-bond donors (Lipinski definition) is 1. The molecule has 1 aromatic carbocycles. The number of rotatable bonds is 5. The Kier molecular flexibility index (Phi) is 5.21. The second kappa shape index (κ2) is 7.79. The summed E-state index contributed by atoms with van der Waals surface area (Å²) >= 11 is 1.55. The number of methoxy groups -OCH3 is 2. The van der Waals surface area contributed by atoms with Crippen LogP contribution >= 0.6 is 11.3 Å². The Balaban J connectivity index is 1.48. The number of fused-ring (bicyclic) bond motifs is 1. The van der Waals surface area contributed by atoms with E-state index < -0.39 is 5.92 Å². The predicted octanol–water partition coefficient (Wildman–Crippen LogP) is 3.03. The van der Waals surface area contributed by atoms with Gasteiger partial charge in [-0.05, 0) is 37.8 Å². The van der Waals surface area contributed by atoms with Crippen LogP contribution in [0.5, 0.6) is 11.5 Å². The van der Waals surface area contributed by atoms with Gasteiger partial charge in [0.15, 0.2) is 5.13 Å². The summed E-state index contributed by atoms with van der Waals surface area (Å²) in [5, 5.41) is 3.56. The van der Waals surface area contributed by atoms with E-state index in [9.17, 15) is 9.59 Å². The fraction of sp³-hybridized carbons (Fsp3) is 0.450. The van der Waals surface area contributed by atoms with E-state index in [-0.39, 0.29) is 18.2 Å². The normalized spacial score (nSPS) is 18.7. The summed E-state index contributed by atoms with van der Waals surface area (Å²) in [6.07, 6.45) is 4.51. The molecule has 2 aliphatic rings. The zero-order valence-corrected chi connectivity index (χ0v) is 16.8. The highest BCUT2D eigenvalue weighted by Crippen LogP contribution is 2.36. The van der Waals surface area contributed by atoms with E-state index >= 15 is 0 Å². The molecule has 0 saturated carbocycles. The van der Waals surface area contributed by atoms with Gasteiger partial charge in [-0.15, -0.1) is 11.3 Å². The number of benzene rings is 1. The van der Waals surface area contributed by atoms with Crippen molar-refractivity contribution in [1.29, 1.82) is 0 Å². The fourth-order valence-corrected chi connectivity index (χ4v) is 4.79. The number of anilines is 2. The number of aromatic nitrogens is 1. The van der Waals surface area contributed by atoms with Gasteiger partial charge < -0.3 is 19.7 Å². The number of amides is 2. The SMILES string of the molecule is COc1ccc(OC)c(N2C[C@H](C(=O)Nc3nc4c(s3)CCCC4)CC2=O)c1. The zero-order chi connectivity index (χ0) is 19.7. The van der Waals surface area contributed by atoms with E-state index in [4.69, 9.17) is 9.47 Å². The molecule has 0 bridgehead atoms. The van der Waals surface area contributed by atoms with Crippen LogP contribution in [0.3, 0.4) is 0 Å². The van der Waals surface area contributed by atoms with Crippen molar-refractivity contribution in [3.05, 3.63) is 28.8 Å². The molecule has 8 heteroatoms. The molecule has 4 rings (SSSR count). The Bertz CT molecular complexity index is 887. The largest absolute Gasteiger partial charge is 0.497 e. The third-order valence-corrected chi connectivity index (χ3v) is 6.32. The van der Waals surface area contributed by atoms with Crippen molar-refractivity contribution in [3.8, 4) is 11.5 Å². The molecule has 7 nitrogen and oxygen atoms in total. The maximum atomic E-state index is 12.7. The van der Waals surface area contributed by atoms with Crippen LogP contribution in [-0.2, 0) is 22.4 Å². The first-order chi connectivity index (χ1) is 13.6. The Morgan fingerprint density at radius 2 is 2.07 bits per heavy atom. The first kappa shape index (κ1) is 18.7. The monoisotopic (exact) mass is 401 g/mol. The second-order valence-electron chi connectivity index (χ2n) is 7.03. The van der Waals surface area contributed by atoms with E-state index in [1.54, 1.807) is 48.7 Å². The molecule has 0 radical (unpaired) electrons. The highest BCUT2D eigenvalue weighted by atomic mass is 32.1. The highest BCUT2D eigenvalue weighted by Gasteiger charge is 2.37. The summed E-state index contributed by atoms with van der Waals surface area (Å²) in [5.41, 5.74) is 1.73. The molecule has 148 valence electrons. The van der Waals surface area contributed by atoms with Gasteiger partial charge in [-0.25, -0.2) is 4.98 Å². The second-order valence-corrected chi connectivity index (χ2v) is 8.11. The molecule has 2 heterocycles. The topological polar surface area (TPSA) is 80.8 Å². The number of thiazole rings is 1. The summed E-state index contributed by atoms with van der Waals surface area (Å²) < 4.78 is 10.6. The van der Waals surface area contributed by atoms with Gasteiger partial charge in [0.2, 0.25) is 11.8 Å². The van der Waals surface area contributed by atoms with E-state index in [1.165, 1.54) is 11.3 Å². The number of nitrogens with one attached hydrogen (secondary N) is 1. The summed E-state index contributed by atoms with van der Waals surface area (Å²) in [6.45, 7) is 0.305. The zero-order valence-electron chi connectivity index (χ0n) is 16.0. The van der Waals surface area contributed by atoms with Crippen molar-refractivity contribution in [2.45, 2.75) is 32.1 Å². The molecule has 0 unspecified atom stereocenters. The molecular formula is C20H23N3O4S. The van der Waals surface area contributed by atoms with Gasteiger partial charge in [0, 0.05) is 23.9 Å². The van der Waals surface area contributed by atoms with Crippen LogP contribution in [0.25, 0.3) is 0 Å². The standard InChI is InChI=1S/C20H23N3O4S/c1-26-13-7-8-16(27-2)15(10-13)23-11-12(9-18(23)24)19(25)22-20-21-14-5-3-4-6-17(14)28-20/h7-8,10,12H,3-6,9,11H2,1-2H3,(H,21,22,25)/t12-/m1/s1. The summed E-state index contributed by atoms with van der Waals surface area (Å²) in [6, 6.07) is 5.29. The van der Waals surface area contributed by atoms with Gasteiger partial charge in [0.05, 0.1) is 31.5 Å². The van der Waals surface area contributed by atoms with Crippen molar-refractivity contribution in [3.63, 3.8) is 0 Å². The Hall–Kier alpha value is -2.61. The molecule has 1 saturated heterocycles. The number of carbonyl (C=O) groups excluding carboxylic acids is 2. The summed E-state index contributed by atoms with van der Waals surface area (Å²) in [5.74, 6) is 0.506. The lowest BCUT2D eigenvalue weighted by Crippen LogP contribution is -2.28. The summed E-state index contributed by atoms with van der Waals surface area (Å²) in [4.78, 5) is 32.8. The first-order valence-electron chi connectivity index (χ1n) is 9.41. The number of carbonyl (C=O) groups is 2. The molecule has 28 heavy (non-hydrogen) atoms. The smallest absolute Gasteiger partial charge is 0.231 e. The van der Waals surface area contributed by atoms with Crippen LogP contribution in [0.15, 0.2) is 18.2 Å². The van der Waals surface area contributed by atoms with Gasteiger partial charge >= 0.3 is 0 Å². The molecule has 2 aromatic rings. The molecule has 1 aromatic heterocycles. The van der Waals surface area contributed by atoms with Crippen LogP contribution in [-0.4, -0.2) is 37.6 Å². The molecule has 1 N–H and O–H groups in total. The number of ether oxygens (including phenoxy) is 2. The highest BCUT2D eigenvalue weighted by molar-refractivity contribution is 7.15. The average molecular weight is 401 g/mol. The molecule has 0 spiro atoms. The van der Waals surface area contributed by atoms with Crippen LogP contribution in [0.2, 0.25) is 0 Å². The van der Waals surface area contributed by atoms with Crippen molar-refractivity contribution in [1.82, 2.24) is 4.98 Å². The molecule has 1 aliphatic carbocycles. The summed E-state index contributed by atoms with van der Waals surface area (Å²) in [7, 11) is 3.13. The number of hydrogen-bond acceptors (Lipinski definition) is 6. The predicted molar refractivity (Wildman–Crippen MR) is 107 cm³/mol. The van der Waals surface area contributed by atoms with Crippen LogP contribution in [0.1, 0.15) is 29.8 Å². The van der Waals surface area contributed by atoms with Crippen LogP contribution in [0, 0.1) is 5.92 Å². The van der Waals surface area contributed by atoms with E-state index in [0.717, 1.165) is 25.0 Å². The van der Waals surface area contributed by atoms with E-state index in [2.05, 4.69) is 10.3 Å². The first-order valence-corrected chi connectivity index (χ1v) is 10.2. The molecule has 2 amide bonds. The minimum Gasteiger partial charge on any atom is -0.497 e. The molecule has 1 aliphatic heterocycles. The minimum atomic E-state index is -0.427. The van der Waals surface area contributed by atoms with Crippen molar-refractivity contribution >= 4 is 34.0 Å². The van der Waals surface area contributed by atoms with Gasteiger partial charge in [-0.1, -0.05) is 0 Å².